The highest BCUT2D eigenvalue weighted by atomic mass is 32.1. The summed E-state index contributed by atoms with van der Waals surface area (Å²) in [5.74, 6) is -11.1. The van der Waals surface area contributed by atoms with Gasteiger partial charge in [0, 0.05) is 23.4 Å². The van der Waals surface area contributed by atoms with E-state index in [2.05, 4.69) is 105 Å². The molecule has 10 bridgehead atoms. The van der Waals surface area contributed by atoms with E-state index in [1.807, 2.05) is 5.32 Å². The number of amides is 10. The molecule has 456 valence electrons. The summed E-state index contributed by atoms with van der Waals surface area (Å²) >= 11 is 1.80. The Bertz CT molecular complexity index is 4030. The molecule has 34 heteroatoms. The van der Waals surface area contributed by atoms with Crippen LogP contribution < -0.4 is 53.6 Å². The van der Waals surface area contributed by atoms with Crippen molar-refractivity contribution in [2.75, 3.05) is 7.11 Å². The summed E-state index contributed by atoms with van der Waals surface area (Å²) in [6.45, 7) is 24.5. The van der Waals surface area contributed by atoms with Gasteiger partial charge < -0.3 is 81.8 Å². The van der Waals surface area contributed by atoms with Crippen molar-refractivity contribution >= 4 is 98.8 Å². The summed E-state index contributed by atoms with van der Waals surface area (Å²) in [7, 11) is 1.25. The molecule has 32 nitrogen and oxygen atoms in total. The fourth-order valence-electron chi connectivity index (χ4n) is 7.34. The van der Waals surface area contributed by atoms with Crippen molar-refractivity contribution in [2.45, 2.75) is 59.1 Å². The van der Waals surface area contributed by atoms with Gasteiger partial charge in [-0.25, -0.2) is 29.9 Å². The van der Waals surface area contributed by atoms with Crippen LogP contribution in [-0.2, 0) is 28.7 Å². The van der Waals surface area contributed by atoms with Gasteiger partial charge in [-0.05, 0) is 52.8 Å². The van der Waals surface area contributed by atoms with Crippen LogP contribution in [0.4, 0.5) is 0 Å². The molecule has 0 fully saturated rings. The predicted molar refractivity (Wildman–Crippen MR) is 309 cm³/mol. The van der Waals surface area contributed by atoms with E-state index in [0.29, 0.717) is 0 Å². The zero-order valence-corrected chi connectivity index (χ0v) is 48.7. The standard InChI is InChI=1S/C54H52N16O16S2/c1-12-29-50-68-36(26(9)85-50)47(81)59-23(6)42(76)60-24(7)49-64-32(16-84-49)38-28(13-14-30(61-38)43(77)58-22(5)41(75)57-21(4)40(74)56-20(3)39(55)73)53-65-34(17-87-53)45(79)67-35(25(8)72)46(80)63-31(15-19(2)71)51-69-37(27(10)86-51)48(82)70-52(83-11)54-66-33(18-88-54)44(78)62-29/h12-19,25,35,52,71-72H,3-7H2,1-2,8-11H3,(H2,55,73)(H,56,74)(H,57,75)(H,58,77)(H,59,81)(H,60,76)(H,62,78)(H,63,80)(H,67,79)(H,70,82)/b29-12+,31-15+. The number of hydrogen-bond acceptors (Lipinski definition) is 24. The van der Waals surface area contributed by atoms with Gasteiger partial charge in [0.1, 0.15) is 73.7 Å². The number of nitrogens with zero attached hydrogens (tertiary/aromatic N) is 6. The van der Waals surface area contributed by atoms with Crippen LogP contribution in [0.5, 0.6) is 0 Å². The van der Waals surface area contributed by atoms with E-state index in [1.54, 1.807) is 6.92 Å². The topological polar surface area (TPSA) is 471 Å². The largest absolute Gasteiger partial charge is 0.443 e. The van der Waals surface area contributed by atoms with E-state index in [0.717, 1.165) is 35.0 Å². The molecular formula is C54H52N16O16S2. The molecule has 6 aromatic heterocycles. The molecular weight excluding hydrogens is 1190 g/mol. The third-order valence-electron chi connectivity index (χ3n) is 11.8. The number of aromatic nitrogens is 6. The Morgan fingerprint density at radius 1 is 0.682 bits per heavy atom. The monoisotopic (exact) mass is 1240 g/mol. The van der Waals surface area contributed by atoms with Crippen molar-refractivity contribution in [2.24, 2.45) is 5.73 Å². The first-order valence-electron chi connectivity index (χ1n) is 25.2. The third kappa shape index (κ3) is 15.0. The summed E-state index contributed by atoms with van der Waals surface area (Å²) < 4.78 is 22.7. The second kappa shape index (κ2) is 27.2. The highest BCUT2D eigenvalue weighted by molar-refractivity contribution is 7.13. The Balaban J connectivity index is 1.23. The van der Waals surface area contributed by atoms with E-state index in [9.17, 15) is 58.2 Å². The molecule has 88 heavy (non-hydrogen) atoms. The number of ether oxygens (including phenoxy) is 1. The number of methoxy groups -OCH3 is 1. The number of hydrogen-bond donors (Lipinski definition) is 12. The minimum absolute atomic E-state index is 0.00328. The molecule has 0 spiro atoms. The molecule has 0 aromatic carbocycles. The zero-order valence-electron chi connectivity index (χ0n) is 47.1. The first-order valence-corrected chi connectivity index (χ1v) is 27.0. The number of nitrogens with two attached hydrogens (primary N) is 1. The Morgan fingerprint density at radius 3 is 1.91 bits per heavy atom. The second-order valence-corrected chi connectivity index (χ2v) is 20.1. The lowest BCUT2D eigenvalue weighted by Gasteiger charge is -2.21. The van der Waals surface area contributed by atoms with Crippen LogP contribution in [0, 0.1) is 13.8 Å². The van der Waals surface area contributed by atoms with Crippen LogP contribution in [0.1, 0.15) is 114 Å². The van der Waals surface area contributed by atoms with Crippen LogP contribution in [0.15, 0.2) is 110 Å². The van der Waals surface area contributed by atoms with Crippen LogP contribution in [-0.4, -0.2) is 125 Å². The molecule has 4 atom stereocenters. The van der Waals surface area contributed by atoms with Gasteiger partial charge in [-0.2, -0.15) is 0 Å². The Labute approximate surface area is 504 Å². The Morgan fingerprint density at radius 2 is 1.28 bits per heavy atom. The third-order valence-corrected chi connectivity index (χ3v) is 13.5. The fraction of sp³-hybridized carbons (Fsp3) is 0.185. The molecule has 0 saturated heterocycles. The maximum Gasteiger partial charge on any atom is 0.278 e. The zero-order chi connectivity index (χ0) is 64.6. The Hall–Kier alpha value is -11.2. The molecule has 7 heterocycles. The highest BCUT2D eigenvalue weighted by Crippen LogP contribution is 2.34. The van der Waals surface area contributed by atoms with Crippen molar-refractivity contribution in [1.29, 1.82) is 0 Å². The number of aliphatic hydroxyl groups excluding tert-OH is 2. The van der Waals surface area contributed by atoms with E-state index in [-0.39, 0.29) is 96.0 Å². The van der Waals surface area contributed by atoms with Gasteiger partial charge in [-0.3, -0.25) is 47.9 Å². The number of nitrogens with one attached hydrogen (secondary N) is 9. The summed E-state index contributed by atoms with van der Waals surface area (Å²) in [6, 6.07) is 0.772. The lowest BCUT2D eigenvalue weighted by molar-refractivity contribution is -0.124. The van der Waals surface area contributed by atoms with Crippen LogP contribution >= 0.6 is 22.7 Å². The van der Waals surface area contributed by atoms with Crippen molar-refractivity contribution in [3.05, 3.63) is 160 Å². The van der Waals surface area contributed by atoms with Crippen molar-refractivity contribution < 1.29 is 76.1 Å². The number of fused-ring (bicyclic) bond motifs is 13. The molecule has 13 N–H and O–H groups in total. The SMILES string of the molecule is C=C(NC(=O)C(=C)NC(=O)C(=C)NC(=O)c1ccc2c(n1)-c1coc(n1)C(=C)NC(=O)C(=C)NC(=O)c1nc(oc1C)/C(=C\C)NC(=O)c1csc(n1)C(OC)NC(=O)c1nc(oc1C)/C(=C\C(C)O)NC(=O)C(C(C)O)NC(=O)c1csc-2n1)C(N)=O. The molecule has 7 rings (SSSR count). The average molecular weight is 1250 g/mol. The molecule has 0 saturated carbocycles. The van der Waals surface area contributed by atoms with Crippen LogP contribution in [0.3, 0.4) is 0 Å². The van der Waals surface area contributed by atoms with Crippen molar-refractivity contribution in [1.82, 2.24) is 77.8 Å². The predicted octanol–water partition coefficient (Wildman–Crippen LogP) is 1.13. The first-order chi connectivity index (χ1) is 41.6. The van der Waals surface area contributed by atoms with Gasteiger partial charge in [0.25, 0.3) is 53.2 Å². The minimum atomic E-state index is -1.74. The van der Waals surface area contributed by atoms with E-state index in [1.165, 1.54) is 63.8 Å². The highest BCUT2D eigenvalue weighted by Gasteiger charge is 2.32. The molecule has 10 amide bonds. The first kappa shape index (κ1) is 64.4. The number of aliphatic hydroxyl groups is 2. The number of carbonyl (C=O) groups excluding carboxylic acids is 10. The fourth-order valence-corrected chi connectivity index (χ4v) is 8.98. The van der Waals surface area contributed by atoms with Crippen molar-refractivity contribution in [3.8, 4) is 22.0 Å². The van der Waals surface area contributed by atoms with E-state index < -0.39 is 112 Å². The van der Waals surface area contributed by atoms with Gasteiger partial charge in [0.05, 0.1) is 40.7 Å². The number of rotatable bonds is 10. The maximum atomic E-state index is 14.0. The molecule has 0 radical (unpaired) electrons. The molecule has 1 aliphatic rings. The normalized spacial score (nSPS) is 17.0. The summed E-state index contributed by atoms with van der Waals surface area (Å²) in [6.07, 6.45) is -0.570. The quantitative estimate of drug-likeness (QED) is 0.0855. The van der Waals surface area contributed by atoms with Gasteiger partial charge >= 0.3 is 0 Å². The van der Waals surface area contributed by atoms with Gasteiger partial charge in [0.2, 0.25) is 23.6 Å². The molecule has 1 aliphatic heterocycles. The lowest BCUT2D eigenvalue weighted by atomic mass is 10.1. The number of primary amides is 1. The molecule has 0 aliphatic carbocycles. The lowest BCUT2D eigenvalue weighted by Crippen LogP contribution is -2.52. The number of thiazole rings is 2. The van der Waals surface area contributed by atoms with E-state index >= 15 is 0 Å². The summed E-state index contributed by atoms with van der Waals surface area (Å²) in [4.78, 5) is 159. The average Bonchev–Trinajstić information content (AvgIpc) is 2.95. The summed E-state index contributed by atoms with van der Waals surface area (Å²) in [5, 5.41) is 45.2. The number of pyridine rings is 1. The minimum Gasteiger partial charge on any atom is -0.443 e. The maximum absolute atomic E-state index is 14.0. The second-order valence-electron chi connectivity index (χ2n) is 18.4. The van der Waals surface area contributed by atoms with Crippen molar-refractivity contribution in [3.63, 3.8) is 0 Å². The van der Waals surface area contributed by atoms with Gasteiger partial charge in [-0.15, -0.1) is 22.7 Å². The van der Waals surface area contributed by atoms with E-state index in [4.69, 9.17) is 23.7 Å². The Kier molecular flexibility index (Phi) is 19.9. The molecule has 4 unspecified atom stereocenters. The van der Waals surface area contributed by atoms with Gasteiger partial charge in [-0.1, -0.05) is 39.0 Å². The van der Waals surface area contributed by atoms with Crippen LogP contribution in [0.2, 0.25) is 0 Å². The van der Waals surface area contributed by atoms with Crippen LogP contribution in [0.25, 0.3) is 39.1 Å². The number of carbonyl (C=O) groups is 10. The number of oxazole rings is 3. The summed E-state index contributed by atoms with van der Waals surface area (Å²) in [5.41, 5.74) is 0.510. The molecule has 6 aromatic rings. The number of allylic oxidation sites excluding steroid dienone is 1. The van der Waals surface area contributed by atoms with Gasteiger partial charge in [0.15, 0.2) is 17.6 Å². The smallest absolute Gasteiger partial charge is 0.278 e. The number of aryl methyl sites for hydroxylation is 2.